The predicted molar refractivity (Wildman–Crippen MR) is 104 cm³/mol. The highest BCUT2D eigenvalue weighted by Crippen LogP contribution is 2.36. The van der Waals surface area contributed by atoms with E-state index in [2.05, 4.69) is 43.9 Å². The van der Waals surface area contributed by atoms with E-state index in [9.17, 15) is 4.79 Å². The molecule has 0 bridgehead atoms. The molecule has 5 rings (SSSR count). The van der Waals surface area contributed by atoms with E-state index in [4.69, 9.17) is 0 Å². The molecule has 0 N–H and O–H groups in total. The quantitative estimate of drug-likeness (QED) is 0.820. The summed E-state index contributed by atoms with van der Waals surface area (Å²) >= 11 is 0. The maximum atomic E-state index is 13.1. The molecular weight excluding hydrogens is 336 g/mol. The lowest BCUT2D eigenvalue weighted by atomic mass is 9.93. The topological polar surface area (TPSA) is 51.0 Å². The molecule has 1 aromatic heterocycles. The van der Waals surface area contributed by atoms with Gasteiger partial charge in [-0.05, 0) is 49.7 Å². The van der Waals surface area contributed by atoms with Crippen molar-refractivity contribution in [3.05, 3.63) is 47.0 Å². The molecule has 5 heteroatoms. The zero-order chi connectivity index (χ0) is 18.2. The van der Waals surface area contributed by atoms with Gasteiger partial charge in [0.1, 0.15) is 11.6 Å². The average molecular weight is 364 g/mol. The second-order valence-electron chi connectivity index (χ2n) is 8.33. The summed E-state index contributed by atoms with van der Waals surface area (Å²) in [6.45, 7) is 2.77. The molecule has 5 nitrogen and oxygen atoms in total. The first-order valence-electron chi connectivity index (χ1n) is 10.6. The van der Waals surface area contributed by atoms with Gasteiger partial charge in [0, 0.05) is 32.0 Å². The van der Waals surface area contributed by atoms with Gasteiger partial charge in [-0.15, -0.1) is 10.2 Å². The maximum Gasteiger partial charge on any atom is 0.230 e. The molecule has 3 aliphatic rings. The third kappa shape index (κ3) is 3.07. The molecule has 27 heavy (non-hydrogen) atoms. The number of carbonyl (C=O) groups excluding carboxylic acids is 1. The Morgan fingerprint density at radius 2 is 1.78 bits per heavy atom. The molecule has 1 amide bonds. The van der Waals surface area contributed by atoms with Gasteiger partial charge in [-0.3, -0.25) is 4.79 Å². The normalized spacial score (nSPS) is 23.0. The standard InChI is InChI=1S/C22H28N4O/c27-22(19-10-9-16-6-3-4-7-18(16)19)25-14-11-17(12-15-25)21-24-23-20-8-2-1-5-13-26(20)21/h3-4,6-7,17,19H,1-2,5,8-15H2. The summed E-state index contributed by atoms with van der Waals surface area (Å²) in [5.74, 6) is 3.19. The highest BCUT2D eigenvalue weighted by molar-refractivity contribution is 5.85. The Morgan fingerprint density at radius 1 is 0.926 bits per heavy atom. The van der Waals surface area contributed by atoms with Gasteiger partial charge in [-0.1, -0.05) is 30.7 Å². The maximum absolute atomic E-state index is 13.1. The fourth-order valence-corrected chi connectivity index (χ4v) is 5.20. The minimum absolute atomic E-state index is 0.0714. The number of fused-ring (bicyclic) bond motifs is 2. The Bertz CT molecular complexity index is 835. The number of rotatable bonds is 2. The number of aryl methyl sites for hydroxylation is 2. The minimum Gasteiger partial charge on any atom is -0.342 e. The van der Waals surface area contributed by atoms with Gasteiger partial charge < -0.3 is 9.47 Å². The Hall–Kier alpha value is -2.17. The Kier molecular flexibility index (Phi) is 4.46. The summed E-state index contributed by atoms with van der Waals surface area (Å²) < 4.78 is 2.38. The van der Waals surface area contributed by atoms with Crippen LogP contribution in [-0.2, 0) is 24.2 Å². The third-order valence-corrected chi connectivity index (χ3v) is 6.74. The van der Waals surface area contributed by atoms with Crippen LogP contribution in [0.5, 0.6) is 0 Å². The first kappa shape index (κ1) is 17.0. The Balaban J connectivity index is 1.26. The molecule has 142 valence electrons. The largest absolute Gasteiger partial charge is 0.342 e. The summed E-state index contributed by atoms with van der Waals surface area (Å²) in [6.07, 6.45) is 8.84. The van der Waals surface area contributed by atoms with Crippen LogP contribution in [0.1, 0.15) is 73.1 Å². The van der Waals surface area contributed by atoms with Gasteiger partial charge in [-0.25, -0.2) is 0 Å². The van der Waals surface area contributed by atoms with Crippen molar-refractivity contribution in [2.24, 2.45) is 0 Å². The van der Waals surface area contributed by atoms with Crippen LogP contribution < -0.4 is 0 Å². The number of hydrogen-bond donors (Lipinski definition) is 0. The first-order valence-corrected chi connectivity index (χ1v) is 10.6. The lowest BCUT2D eigenvalue weighted by molar-refractivity contribution is -0.133. The summed E-state index contributed by atoms with van der Waals surface area (Å²) in [5, 5.41) is 9.02. The van der Waals surface area contributed by atoms with Crippen molar-refractivity contribution >= 4 is 5.91 Å². The molecule has 1 saturated heterocycles. The summed E-state index contributed by atoms with van der Waals surface area (Å²) in [4.78, 5) is 15.2. The smallest absolute Gasteiger partial charge is 0.230 e. The van der Waals surface area contributed by atoms with E-state index >= 15 is 0 Å². The summed E-state index contributed by atoms with van der Waals surface area (Å²) in [5.41, 5.74) is 2.62. The van der Waals surface area contributed by atoms with Crippen molar-refractivity contribution in [2.75, 3.05) is 13.1 Å². The highest BCUT2D eigenvalue weighted by atomic mass is 16.2. The molecule has 1 atom stereocenters. The van der Waals surface area contributed by atoms with Crippen LogP contribution in [0, 0.1) is 0 Å². The number of carbonyl (C=O) groups is 1. The summed E-state index contributed by atoms with van der Waals surface area (Å²) in [7, 11) is 0. The molecule has 1 fully saturated rings. The van der Waals surface area contributed by atoms with E-state index < -0.39 is 0 Å². The van der Waals surface area contributed by atoms with Crippen LogP contribution in [0.2, 0.25) is 0 Å². The van der Waals surface area contributed by atoms with E-state index in [1.807, 2.05) is 0 Å². The van der Waals surface area contributed by atoms with E-state index in [0.29, 0.717) is 11.8 Å². The van der Waals surface area contributed by atoms with Crippen molar-refractivity contribution in [1.82, 2.24) is 19.7 Å². The lowest BCUT2D eigenvalue weighted by Crippen LogP contribution is -2.40. The zero-order valence-electron chi connectivity index (χ0n) is 15.9. The molecule has 0 saturated carbocycles. The van der Waals surface area contributed by atoms with Crippen molar-refractivity contribution < 1.29 is 4.79 Å². The van der Waals surface area contributed by atoms with Gasteiger partial charge in [-0.2, -0.15) is 0 Å². The fourth-order valence-electron chi connectivity index (χ4n) is 5.20. The van der Waals surface area contributed by atoms with E-state index in [-0.39, 0.29) is 5.92 Å². The number of nitrogens with zero attached hydrogens (tertiary/aromatic N) is 4. The molecule has 0 radical (unpaired) electrons. The van der Waals surface area contributed by atoms with Crippen molar-refractivity contribution in [1.29, 1.82) is 0 Å². The molecule has 0 spiro atoms. The van der Waals surface area contributed by atoms with Gasteiger partial charge in [0.2, 0.25) is 5.91 Å². The van der Waals surface area contributed by atoms with E-state index in [1.54, 1.807) is 0 Å². The number of aromatic nitrogens is 3. The lowest BCUT2D eigenvalue weighted by Gasteiger charge is -2.33. The summed E-state index contributed by atoms with van der Waals surface area (Å²) in [6, 6.07) is 8.46. The van der Waals surface area contributed by atoms with Crippen molar-refractivity contribution in [3.8, 4) is 0 Å². The van der Waals surface area contributed by atoms with Crippen LogP contribution in [0.3, 0.4) is 0 Å². The second kappa shape index (κ2) is 7.10. The fraction of sp³-hybridized carbons (Fsp3) is 0.591. The SMILES string of the molecule is O=C(C1CCc2ccccc21)N1CCC(c2nnc3n2CCCCC3)CC1. The molecule has 3 heterocycles. The number of likely N-dealkylation sites (tertiary alicyclic amines) is 1. The van der Waals surface area contributed by atoms with Gasteiger partial charge in [0.15, 0.2) is 0 Å². The van der Waals surface area contributed by atoms with E-state index in [0.717, 1.165) is 51.7 Å². The monoisotopic (exact) mass is 364 g/mol. The molecule has 1 aliphatic carbocycles. The Labute approximate surface area is 160 Å². The van der Waals surface area contributed by atoms with Crippen LogP contribution in [0.25, 0.3) is 0 Å². The first-order chi connectivity index (χ1) is 13.3. The van der Waals surface area contributed by atoms with Crippen molar-refractivity contribution in [3.63, 3.8) is 0 Å². The van der Waals surface area contributed by atoms with Crippen LogP contribution >= 0.6 is 0 Å². The Morgan fingerprint density at radius 3 is 2.67 bits per heavy atom. The zero-order valence-corrected chi connectivity index (χ0v) is 15.9. The average Bonchev–Trinajstić information content (AvgIpc) is 3.25. The highest BCUT2D eigenvalue weighted by Gasteiger charge is 2.34. The molecule has 1 unspecified atom stereocenters. The van der Waals surface area contributed by atoms with Crippen LogP contribution in [0.15, 0.2) is 24.3 Å². The van der Waals surface area contributed by atoms with E-state index in [1.165, 1.54) is 42.0 Å². The molecular formula is C22H28N4O. The molecule has 2 aliphatic heterocycles. The van der Waals surface area contributed by atoms with Gasteiger partial charge in [0.05, 0.1) is 5.92 Å². The van der Waals surface area contributed by atoms with Gasteiger partial charge in [0.25, 0.3) is 0 Å². The van der Waals surface area contributed by atoms with Crippen molar-refractivity contribution in [2.45, 2.75) is 69.7 Å². The second-order valence-corrected chi connectivity index (χ2v) is 8.33. The number of benzene rings is 1. The third-order valence-electron chi connectivity index (χ3n) is 6.74. The minimum atomic E-state index is 0.0714. The molecule has 1 aromatic carbocycles. The number of hydrogen-bond acceptors (Lipinski definition) is 3. The number of piperidine rings is 1. The van der Waals surface area contributed by atoms with Gasteiger partial charge >= 0.3 is 0 Å². The van der Waals surface area contributed by atoms with Crippen LogP contribution in [0.4, 0.5) is 0 Å². The predicted octanol–water partition coefficient (Wildman–Crippen LogP) is 3.44. The van der Waals surface area contributed by atoms with Crippen LogP contribution in [-0.4, -0.2) is 38.7 Å². The molecule has 2 aromatic rings. The number of amides is 1.